The molecular weight excluding hydrogens is 398 g/mol. The molecule has 3 N–H and O–H groups in total. The van der Waals surface area contributed by atoms with Crippen LogP contribution in [-0.4, -0.2) is 28.8 Å². The van der Waals surface area contributed by atoms with Gasteiger partial charge in [0.05, 0.1) is 11.7 Å². The van der Waals surface area contributed by atoms with E-state index < -0.39 is 12.1 Å². The summed E-state index contributed by atoms with van der Waals surface area (Å²) >= 11 is 0. The molecule has 0 saturated carbocycles. The van der Waals surface area contributed by atoms with Gasteiger partial charge in [-0.2, -0.15) is 0 Å². The maximum atomic E-state index is 11.1. The van der Waals surface area contributed by atoms with Crippen molar-refractivity contribution in [2.45, 2.75) is 32.4 Å². The van der Waals surface area contributed by atoms with Crippen molar-refractivity contribution in [1.29, 1.82) is 0 Å². The molecule has 0 aliphatic carbocycles. The molecule has 0 saturated heterocycles. The van der Waals surface area contributed by atoms with Gasteiger partial charge in [0.1, 0.15) is 0 Å². The average Bonchev–Trinajstić information content (AvgIpc) is 2.73. The summed E-state index contributed by atoms with van der Waals surface area (Å²) < 4.78 is 0. The Morgan fingerprint density at radius 2 is 1.67 bits per heavy atom. The summed E-state index contributed by atoms with van der Waals surface area (Å²) in [7, 11) is 0. The minimum absolute atomic E-state index is 0. The Labute approximate surface area is 184 Å². The predicted octanol–water partition coefficient (Wildman–Crippen LogP) is 5.04. The van der Waals surface area contributed by atoms with Gasteiger partial charge in [-0.15, -0.1) is 12.4 Å². The molecule has 3 aromatic rings. The van der Waals surface area contributed by atoms with Crippen LogP contribution in [0.2, 0.25) is 0 Å². The molecular formula is C25H28ClNO3. The highest BCUT2D eigenvalue weighted by Gasteiger charge is 2.11. The average molecular weight is 426 g/mol. The third-order valence-electron chi connectivity index (χ3n) is 5.12. The zero-order chi connectivity index (χ0) is 20.8. The highest BCUT2D eigenvalue weighted by molar-refractivity contribution is 5.89. The van der Waals surface area contributed by atoms with E-state index in [1.165, 1.54) is 5.56 Å². The van der Waals surface area contributed by atoms with E-state index in [2.05, 4.69) is 36.5 Å². The van der Waals surface area contributed by atoms with Crippen LogP contribution >= 0.6 is 12.4 Å². The maximum absolute atomic E-state index is 11.1. The van der Waals surface area contributed by atoms with E-state index in [9.17, 15) is 9.90 Å². The second-order valence-corrected chi connectivity index (χ2v) is 7.47. The number of hydrogen-bond donors (Lipinski definition) is 3. The fourth-order valence-corrected chi connectivity index (χ4v) is 3.47. The second kappa shape index (κ2) is 10.9. The standard InChI is InChI=1S/C25H27NO3.ClH/c1-17-14-22(25(28)29)12-13-23(17)20-10-8-19(9-11-20)15-18(2)26-16-24(27)21-6-4-3-5-7-21;/h3-14,18,24,26-27H,15-16H2,1-2H3,(H,28,29);1H/t18-,24-;/m1./s1. The third kappa shape index (κ3) is 6.17. The molecule has 0 heterocycles. The van der Waals surface area contributed by atoms with Gasteiger partial charge in [0.25, 0.3) is 0 Å². The van der Waals surface area contributed by atoms with Gasteiger partial charge >= 0.3 is 5.97 Å². The molecule has 3 rings (SSSR count). The normalized spacial score (nSPS) is 12.6. The monoisotopic (exact) mass is 425 g/mol. The largest absolute Gasteiger partial charge is 0.478 e. The van der Waals surface area contributed by atoms with Crippen molar-refractivity contribution in [3.63, 3.8) is 0 Å². The highest BCUT2D eigenvalue weighted by atomic mass is 35.5. The Hall–Kier alpha value is -2.66. The summed E-state index contributed by atoms with van der Waals surface area (Å²) in [5.41, 5.74) is 5.49. The molecule has 158 valence electrons. The molecule has 0 aromatic heterocycles. The molecule has 0 radical (unpaired) electrons. The lowest BCUT2D eigenvalue weighted by atomic mass is 9.96. The molecule has 0 fully saturated rings. The number of carboxylic acids is 1. The van der Waals surface area contributed by atoms with Gasteiger partial charge in [-0.25, -0.2) is 4.79 Å². The van der Waals surface area contributed by atoms with Crippen molar-refractivity contribution in [3.8, 4) is 11.1 Å². The number of aromatic carboxylic acids is 1. The van der Waals surface area contributed by atoms with Crippen LogP contribution in [-0.2, 0) is 6.42 Å². The highest BCUT2D eigenvalue weighted by Crippen LogP contribution is 2.25. The van der Waals surface area contributed by atoms with Crippen molar-refractivity contribution < 1.29 is 15.0 Å². The number of aliphatic hydroxyl groups excluding tert-OH is 1. The van der Waals surface area contributed by atoms with Crippen LogP contribution in [0.15, 0.2) is 72.8 Å². The summed E-state index contributed by atoms with van der Waals surface area (Å²) in [6, 6.07) is 23.5. The Balaban J connectivity index is 0.00000320. The predicted molar refractivity (Wildman–Crippen MR) is 123 cm³/mol. The van der Waals surface area contributed by atoms with E-state index in [0.29, 0.717) is 12.1 Å². The summed E-state index contributed by atoms with van der Waals surface area (Å²) in [4.78, 5) is 11.1. The topological polar surface area (TPSA) is 69.6 Å². The van der Waals surface area contributed by atoms with E-state index in [1.807, 2.05) is 43.3 Å². The number of nitrogens with one attached hydrogen (secondary N) is 1. The first-order chi connectivity index (χ1) is 13.9. The van der Waals surface area contributed by atoms with Crippen LogP contribution in [0.3, 0.4) is 0 Å². The lowest BCUT2D eigenvalue weighted by Crippen LogP contribution is -2.32. The Morgan fingerprint density at radius 3 is 2.27 bits per heavy atom. The van der Waals surface area contributed by atoms with Crippen LogP contribution in [0.25, 0.3) is 11.1 Å². The Kier molecular flexibility index (Phi) is 8.60. The van der Waals surface area contributed by atoms with Crippen molar-refractivity contribution in [2.24, 2.45) is 0 Å². The first-order valence-electron chi connectivity index (χ1n) is 9.83. The fourth-order valence-electron chi connectivity index (χ4n) is 3.47. The van der Waals surface area contributed by atoms with Crippen LogP contribution in [0, 0.1) is 6.92 Å². The van der Waals surface area contributed by atoms with Crippen LogP contribution in [0.5, 0.6) is 0 Å². The van der Waals surface area contributed by atoms with Gasteiger partial charge in [-0.1, -0.05) is 60.7 Å². The van der Waals surface area contributed by atoms with E-state index >= 15 is 0 Å². The quantitative estimate of drug-likeness (QED) is 0.473. The van der Waals surface area contributed by atoms with E-state index in [4.69, 9.17) is 5.11 Å². The smallest absolute Gasteiger partial charge is 0.335 e. The van der Waals surface area contributed by atoms with Gasteiger partial charge in [0, 0.05) is 12.6 Å². The third-order valence-corrected chi connectivity index (χ3v) is 5.12. The lowest BCUT2D eigenvalue weighted by molar-refractivity contribution is 0.0697. The summed E-state index contributed by atoms with van der Waals surface area (Å²) in [5.74, 6) is -0.908. The molecule has 2 atom stereocenters. The van der Waals surface area contributed by atoms with Crippen LogP contribution in [0.4, 0.5) is 0 Å². The van der Waals surface area contributed by atoms with Gasteiger partial charge in [-0.3, -0.25) is 0 Å². The minimum atomic E-state index is -0.908. The van der Waals surface area contributed by atoms with E-state index in [1.54, 1.807) is 12.1 Å². The lowest BCUT2D eigenvalue weighted by Gasteiger charge is -2.18. The minimum Gasteiger partial charge on any atom is -0.478 e. The second-order valence-electron chi connectivity index (χ2n) is 7.47. The molecule has 0 amide bonds. The molecule has 0 aliphatic rings. The number of aryl methyl sites for hydroxylation is 1. The summed E-state index contributed by atoms with van der Waals surface area (Å²) in [6.07, 6.45) is 0.344. The molecule has 30 heavy (non-hydrogen) atoms. The SMILES string of the molecule is Cc1cc(C(=O)O)ccc1-c1ccc(C[C@@H](C)NC[C@@H](O)c2ccccc2)cc1.Cl. The van der Waals surface area contributed by atoms with Gasteiger partial charge in [0.15, 0.2) is 0 Å². The molecule has 0 aliphatic heterocycles. The zero-order valence-corrected chi connectivity index (χ0v) is 18.0. The van der Waals surface area contributed by atoms with Crippen molar-refractivity contribution >= 4 is 18.4 Å². The summed E-state index contributed by atoms with van der Waals surface area (Å²) in [6.45, 7) is 4.55. The molecule has 0 bridgehead atoms. The molecule has 4 nitrogen and oxygen atoms in total. The number of carboxylic acid groups (broad SMARTS) is 1. The number of halogens is 1. The van der Waals surface area contributed by atoms with E-state index in [-0.39, 0.29) is 18.4 Å². The number of benzene rings is 3. The number of carbonyl (C=O) groups is 1. The molecule has 5 heteroatoms. The van der Waals surface area contributed by atoms with Gasteiger partial charge in [0.2, 0.25) is 0 Å². The molecule has 3 aromatic carbocycles. The Morgan fingerprint density at radius 1 is 1.00 bits per heavy atom. The van der Waals surface area contributed by atoms with E-state index in [0.717, 1.165) is 28.7 Å². The number of rotatable bonds is 8. The summed E-state index contributed by atoms with van der Waals surface area (Å²) in [5, 5.41) is 22.8. The van der Waals surface area contributed by atoms with Gasteiger partial charge in [-0.05, 0) is 60.2 Å². The Bertz CT molecular complexity index is 958. The van der Waals surface area contributed by atoms with Crippen LogP contribution < -0.4 is 5.32 Å². The van der Waals surface area contributed by atoms with Crippen LogP contribution in [0.1, 0.15) is 40.1 Å². The van der Waals surface area contributed by atoms with Gasteiger partial charge < -0.3 is 15.5 Å². The maximum Gasteiger partial charge on any atom is 0.335 e. The molecule has 0 spiro atoms. The first kappa shape index (κ1) is 23.6. The van der Waals surface area contributed by atoms with Crippen molar-refractivity contribution in [1.82, 2.24) is 5.32 Å². The number of hydrogen-bond acceptors (Lipinski definition) is 3. The first-order valence-corrected chi connectivity index (χ1v) is 9.83. The van der Waals surface area contributed by atoms with Crippen molar-refractivity contribution in [3.05, 3.63) is 95.1 Å². The zero-order valence-electron chi connectivity index (χ0n) is 17.2. The fraction of sp³-hybridized carbons (Fsp3) is 0.240. The molecule has 0 unspecified atom stereocenters. The van der Waals surface area contributed by atoms with Crippen molar-refractivity contribution in [2.75, 3.05) is 6.54 Å². The number of aliphatic hydroxyl groups is 1.